The zero-order chi connectivity index (χ0) is 12.3. The highest BCUT2D eigenvalue weighted by Crippen LogP contribution is 2.15. The van der Waals surface area contributed by atoms with Crippen molar-refractivity contribution in [3.8, 4) is 5.75 Å². The summed E-state index contributed by atoms with van der Waals surface area (Å²) in [6.45, 7) is 8.40. The third-order valence-electron chi connectivity index (χ3n) is 2.61. The van der Waals surface area contributed by atoms with Crippen LogP contribution < -0.4 is 0 Å². The first-order chi connectivity index (χ1) is 7.30. The molecule has 1 aromatic carbocycles. The number of hydrogen-bond donors (Lipinski definition) is 1. The van der Waals surface area contributed by atoms with E-state index in [-0.39, 0.29) is 17.4 Å². The van der Waals surface area contributed by atoms with Gasteiger partial charge in [0.2, 0.25) is 0 Å². The lowest BCUT2D eigenvalue weighted by molar-refractivity contribution is 0.0455. The van der Waals surface area contributed by atoms with Gasteiger partial charge in [-0.25, -0.2) is 4.79 Å². The van der Waals surface area contributed by atoms with Gasteiger partial charge in [-0.05, 0) is 31.2 Å². The SMILES string of the molecule is CC(OC(=O)c1ccc(O)cc1)[Si](C)(C)C. The molecule has 0 saturated heterocycles. The standard InChI is InChI=1S/C12H18O3Si/c1-9(16(2,3)4)15-12(14)10-5-7-11(13)8-6-10/h5-9,13H,1-4H3. The normalized spacial score (nSPS) is 13.2. The fourth-order valence-corrected chi connectivity index (χ4v) is 1.46. The minimum Gasteiger partial charge on any atom is -0.508 e. The lowest BCUT2D eigenvalue weighted by atomic mass is 10.2. The lowest BCUT2D eigenvalue weighted by Gasteiger charge is -2.24. The highest BCUT2D eigenvalue weighted by Gasteiger charge is 2.26. The number of hydrogen-bond acceptors (Lipinski definition) is 3. The van der Waals surface area contributed by atoms with E-state index in [0.717, 1.165) is 0 Å². The molecule has 0 bridgehead atoms. The van der Waals surface area contributed by atoms with Crippen LogP contribution in [-0.2, 0) is 4.74 Å². The molecule has 0 amide bonds. The van der Waals surface area contributed by atoms with Crippen molar-refractivity contribution in [3.05, 3.63) is 29.8 Å². The highest BCUT2D eigenvalue weighted by atomic mass is 28.3. The fourth-order valence-electron chi connectivity index (χ4n) is 1.00. The van der Waals surface area contributed by atoms with Crippen LogP contribution >= 0.6 is 0 Å². The van der Waals surface area contributed by atoms with E-state index in [2.05, 4.69) is 19.6 Å². The number of carbonyl (C=O) groups is 1. The molecule has 0 radical (unpaired) electrons. The maximum atomic E-state index is 11.7. The smallest absolute Gasteiger partial charge is 0.338 e. The van der Waals surface area contributed by atoms with Crippen LogP contribution in [0, 0.1) is 0 Å². The van der Waals surface area contributed by atoms with Gasteiger partial charge < -0.3 is 9.84 Å². The Morgan fingerprint density at radius 2 is 1.75 bits per heavy atom. The summed E-state index contributed by atoms with van der Waals surface area (Å²) in [5, 5.41) is 9.10. The number of rotatable bonds is 3. The van der Waals surface area contributed by atoms with Crippen molar-refractivity contribution in [2.75, 3.05) is 0 Å². The average Bonchev–Trinajstić information content (AvgIpc) is 2.17. The zero-order valence-electron chi connectivity index (χ0n) is 10.2. The van der Waals surface area contributed by atoms with E-state index in [4.69, 9.17) is 9.84 Å². The van der Waals surface area contributed by atoms with Gasteiger partial charge in [-0.1, -0.05) is 19.6 Å². The van der Waals surface area contributed by atoms with Crippen molar-refractivity contribution in [3.63, 3.8) is 0 Å². The van der Waals surface area contributed by atoms with Crippen molar-refractivity contribution >= 4 is 14.0 Å². The topological polar surface area (TPSA) is 46.5 Å². The number of esters is 1. The molecule has 88 valence electrons. The second-order valence-corrected chi connectivity index (χ2v) is 10.5. The minimum absolute atomic E-state index is 0.0196. The number of benzene rings is 1. The number of phenolic OH excluding ortho intramolecular Hbond substituents is 1. The molecule has 0 aliphatic heterocycles. The van der Waals surface area contributed by atoms with Gasteiger partial charge in [-0.3, -0.25) is 0 Å². The van der Waals surface area contributed by atoms with Gasteiger partial charge >= 0.3 is 5.97 Å². The Morgan fingerprint density at radius 1 is 1.25 bits per heavy atom. The maximum absolute atomic E-state index is 11.7. The summed E-state index contributed by atoms with van der Waals surface area (Å²) < 4.78 is 5.38. The largest absolute Gasteiger partial charge is 0.508 e. The second kappa shape index (κ2) is 4.70. The molecular formula is C12H18O3Si. The Kier molecular flexibility index (Phi) is 3.75. The van der Waals surface area contributed by atoms with E-state index in [0.29, 0.717) is 5.56 Å². The first kappa shape index (κ1) is 12.8. The van der Waals surface area contributed by atoms with E-state index in [9.17, 15) is 4.79 Å². The van der Waals surface area contributed by atoms with Gasteiger partial charge in [0.15, 0.2) is 0 Å². The highest BCUT2D eigenvalue weighted by molar-refractivity contribution is 6.77. The van der Waals surface area contributed by atoms with Crippen LogP contribution in [0.5, 0.6) is 5.75 Å². The molecule has 16 heavy (non-hydrogen) atoms. The van der Waals surface area contributed by atoms with Gasteiger partial charge in [0.25, 0.3) is 0 Å². The molecule has 0 aliphatic rings. The van der Waals surface area contributed by atoms with E-state index >= 15 is 0 Å². The minimum atomic E-state index is -1.46. The molecule has 1 rings (SSSR count). The molecule has 1 aromatic rings. The number of ether oxygens (including phenoxy) is 1. The van der Waals surface area contributed by atoms with Crippen molar-refractivity contribution in [1.82, 2.24) is 0 Å². The summed E-state index contributed by atoms with van der Waals surface area (Å²) in [7, 11) is -1.46. The number of carbonyl (C=O) groups excluding carboxylic acids is 1. The summed E-state index contributed by atoms with van der Waals surface area (Å²) in [6.07, 6.45) is 0. The summed E-state index contributed by atoms with van der Waals surface area (Å²) in [4.78, 5) is 11.7. The van der Waals surface area contributed by atoms with Crippen LogP contribution in [-0.4, -0.2) is 24.9 Å². The number of aromatic hydroxyl groups is 1. The Labute approximate surface area is 97.1 Å². The van der Waals surface area contributed by atoms with Crippen LogP contribution in [0.3, 0.4) is 0 Å². The van der Waals surface area contributed by atoms with E-state index in [1.165, 1.54) is 12.1 Å². The summed E-state index contributed by atoms with van der Waals surface area (Å²) in [5.41, 5.74) is 0.455. The van der Waals surface area contributed by atoms with Crippen molar-refractivity contribution in [2.45, 2.75) is 32.3 Å². The van der Waals surface area contributed by atoms with Crippen LogP contribution in [0.25, 0.3) is 0 Å². The first-order valence-corrected chi connectivity index (χ1v) is 8.88. The molecule has 0 saturated carbocycles. The molecule has 0 heterocycles. The van der Waals surface area contributed by atoms with E-state index < -0.39 is 8.07 Å². The molecule has 0 aromatic heterocycles. The van der Waals surface area contributed by atoms with E-state index in [1.54, 1.807) is 12.1 Å². The maximum Gasteiger partial charge on any atom is 0.338 e. The van der Waals surface area contributed by atoms with Gasteiger partial charge in [0, 0.05) is 0 Å². The van der Waals surface area contributed by atoms with Crippen molar-refractivity contribution in [1.29, 1.82) is 0 Å². The van der Waals surface area contributed by atoms with Crippen LogP contribution in [0.1, 0.15) is 17.3 Å². The van der Waals surface area contributed by atoms with Crippen LogP contribution in [0.4, 0.5) is 0 Å². The van der Waals surface area contributed by atoms with E-state index in [1.807, 2.05) is 6.92 Å². The molecule has 0 spiro atoms. The fraction of sp³-hybridized carbons (Fsp3) is 0.417. The van der Waals surface area contributed by atoms with Gasteiger partial charge in [-0.15, -0.1) is 0 Å². The third kappa shape index (κ3) is 3.38. The monoisotopic (exact) mass is 238 g/mol. The second-order valence-electron chi connectivity index (χ2n) is 4.96. The third-order valence-corrected chi connectivity index (χ3v) is 5.16. The molecule has 4 heteroatoms. The molecule has 1 N–H and O–H groups in total. The van der Waals surface area contributed by atoms with Gasteiger partial charge in [0.05, 0.1) is 19.4 Å². The molecule has 1 atom stereocenters. The molecule has 1 unspecified atom stereocenters. The molecule has 0 fully saturated rings. The Bertz CT molecular complexity index is 365. The van der Waals surface area contributed by atoms with Crippen LogP contribution in [0.15, 0.2) is 24.3 Å². The number of phenols is 1. The van der Waals surface area contributed by atoms with Gasteiger partial charge in [0.1, 0.15) is 5.75 Å². The molecule has 0 aliphatic carbocycles. The zero-order valence-corrected chi connectivity index (χ0v) is 11.2. The van der Waals surface area contributed by atoms with Crippen molar-refractivity contribution < 1.29 is 14.6 Å². The Hall–Kier alpha value is -1.29. The summed E-state index contributed by atoms with van der Waals surface area (Å²) in [6, 6.07) is 6.09. The average molecular weight is 238 g/mol. The first-order valence-electron chi connectivity index (χ1n) is 5.30. The molecular weight excluding hydrogens is 220 g/mol. The van der Waals surface area contributed by atoms with Crippen LogP contribution in [0.2, 0.25) is 19.6 Å². The summed E-state index contributed by atoms with van der Waals surface area (Å²) >= 11 is 0. The van der Waals surface area contributed by atoms with Crippen molar-refractivity contribution in [2.24, 2.45) is 0 Å². The molecule has 3 nitrogen and oxygen atoms in total. The summed E-state index contributed by atoms with van der Waals surface area (Å²) in [5.74, 6) is -0.176. The predicted molar refractivity (Wildman–Crippen MR) is 66.3 cm³/mol. The Balaban J connectivity index is 2.70. The quantitative estimate of drug-likeness (QED) is 0.650. The lowest BCUT2D eigenvalue weighted by Crippen LogP contribution is -2.39. The predicted octanol–water partition coefficient (Wildman–Crippen LogP) is 2.81. The van der Waals surface area contributed by atoms with Gasteiger partial charge in [-0.2, -0.15) is 0 Å². The Morgan fingerprint density at radius 3 is 2.19 bits per heavy atom.